The second-order valence-electron chi connectivity index (χ2n) is 8.56. The van der Waals surface area contributed by atoms with Gasteiger partial charge in [-0.1, -0.05) is 30.3 Å². The Balaban J connectivity index is 1.40. The largest absolute Gasteiger partial charge is 0.494 e. The summed E-state index contributed by atoms with van der Waals surface area (Å²) in [5.41, 5.74) is 2.61. The van der Waals surface area contributed by atoms with E-state index in [0.29, 0.717) is 53.5 Å². The lowest BCUT2D eigenvalue weighted by Crippen LogP contribution is -2.56. The van der Waals surface area contributed by atoms with Crippen LogP contribution in [0.4, 0.5) is 0 Å². The molecular formula is C26H25N7O3. The first-order chi connectivity index (χ1) is 17.5. The molecule has 0 spiro atoms. The Bertz CT molecular complexity index is 1440. The summed E-state index contributed by atoms with van der Waals surface area (Å²) in [6.07, 6.45) is 7.73. The first-order valence-corrected chi connectivity index (χ1v) is 11.5. The number of carbonyl (C=O) groups is 2. The molecule has 2 N–H and O–H groups in total. The molecule has 0 saturated carbocycles. The number of pyridine rings is 1. The average molecular weight is 484 g/mol. The van der Waals surface area contributed by atoms with Gasteiger partial charge in [-0.05, 0) is 6.92 Å². The number of piperazine rings is 1. The fourth-order valence-corrected chi connectivity index (χ4v) is 4.55. The maximum Gasteiger partial charge on any atom is 0.295 e. The highest BCUT2D eigenvalue weighted by Crippen LogP contribution is 2.34. The Labute approximate surface area is 207 Å². The zero-order valence-electron chi connectivity index (χ0n) is 19.9. The Hall–Kier alpha value is -4.60. The smallest absolute Gasteiger partial charge is 0.295 e. The number of hydrogen-bond donors (Lipinski definition) is 2. The first-order valence-electron chi connectivity index (χ1n) is 11.5. The molecule has 1 amide bonds. The molecule has 1 fully saturated rings. The van der Waals surface area contributed by atoms with Crippen molar-refractivity contribution in [3.05, 3.63) is 72.4 Å². The summed E-state index contributed by atoms with van der Waals surface area (Å²) in [5.74, 6) is -0.431. The minimum absolute atomic E-state index is 0.214. The van der Waals surface area contributed by atoms with Gasteiger partial charge in [0.05, 0.1) is 36.0 Å². The zero-order chi connectivity index (χ0) is 25.2. The van der Waals surface area contributed by atoms with E-state index in [4.69, 9.17) is 10.1 Å². The third kappa shape index (κ3) is 4.06. The molecule has 182 valence electrons. The number of nitrogens with one attached hydrogen (secondary N) is 2. The van der Waals surface area contributed by atoms with Crippen molar-refractivity contribution >= 4 is 28.4 Å². The molecule has 0 bridgehead atoms. The number of rotatable bonds is 5. The van der Waals surface area contributed by atoms with Crippen LogP contribution in [0.3, 0.4) is 0 Å². The molecule has 3 aromatic heterocycles. The van der Waals surface area contributed by atoms with Crippen LogP contribution in [0.25, 0.3) is 22.3 Å². The molecule has 36 heavy (non-hydrogen) atoms. The van der Waals surface area contributed by atoms with Crippen LogP contribution in [-0.4, -0.2) is 80.0 Å². The van der Waals surface area contributed by atoms with Crippen LogP contribution < -0.4 is 4.74 Å². The maximum atomic E-state index is 13.4. The zero-order valence-corrected chi connectivity index (χ0v) is 19.9. The summed E-state index contributed by atoms with van der Waals surface area (Å²) in [7, 11) is 1.49. The van der Waals surface area contributed by atoms with E-state index >= 15 is 0 Å². The Kier molecular flexibility index (Phi) is 6.16. The van der Waals surface area contributed by atoms with Crippen molar-refractivity contribution in [3.8, 4) is 17.1 Å². The van der Waals surface area contributed by atoms with Crippen molar-refractivity contribution in [3.63, 3.8) is 0 Å². The SMILES string of the molecule is COc1cnc(-c2cnccn2)c2[nH]cc(C(=O)C(=O)N3CCN(C(=N)c4ccccc4)C[C@@H]3C)c12. The molecule has 0 radical (unpaired) electrons. The highest BCUT2D eigenvalue weighted by atomic mass is 16.5. The van der Waals surface area contributed by atoms with Gasteiger partial charge in [0.1, 0.15) is 23.0 Å². The summed E-state index contributed by atoms with van der Waals surface area (Å²) in [5, 5.41) is 9.01. The molecule has 0 unspecified atom stereocenters. The first kappa shape index (κ1) is 23.2. The fraction of sp³-hybridized carbons (Fsp3) is 0.231. The van der Waals surface area contributed by atoms with Gasteiger partial charge >= 0.3 is 0 Å². The van der Waals surface area contributed by atoms with Crippen LogP contribution >= 0.6 is 0 Å². The van der Waals surface area contributed by atoms with E-state index in [0.717, 1.165) is 5.56 Å². The van der Waals surface area contributed by atoms with Crippen molar-refractivity contribution in [2.45, 2.75) is 13.0 Å². The van der Waals surface area contributed by atoms with Gasteiger partial charge in [0.25, 0.3) is 11.7 Å². The molecule has 10 heteroatoms. The van der Waals surface area contributed by atoms with Crippen LogP contribution in [0.1, 0.15) is 22.8 Å². The summed E-state index contributed by atoms with van der Waals surface area (Å²) in [4.78, 5) is 46.2. The molecular weight excluding hydrogens is 458 g/mol. The van der Waals surface area contributed by atoms with E-state index in [1.807, 2.05) is 42.2 Å². The highest BCUT2D eigenvalue weighted by molar-refractivity contribution is 6.45. The molecule has 1 saturated heterocycles. The van der Waals surface area contributed by atoms with Gasteiger partial charge in [0, 0.05) is 49.8 Å². The molecule has 5 rings (SSSR count). The van der Waals surface area contributed by atoms with Crippen molar-refractivity contribution in [1.82, 2.24) is 29.7 Å². The van der Waals surface area contributed by atoms with Crippen molar-refractivity contribution < 1.29 is 14.3 Å². The number of nitrogens with zero attached hydrogens (tertiary/aromatic N) is 5. The van der Waals surface area contributed by atoms with Gasteiger partial charge in [-0.25, -0.2) is 4.98 Å². The number of aromatic nitrogens is 4. The van der Waals surface area contributed by atoms with Gasteiger partial charge in [-0.3, -0.25) is 25.0 Å². The van der Waals surface area contributed by atoms with E-state index in [1.165, 1.54) is 19.5 Å². The predicted octanol–water partition coefficient (Wildman–Crippen LogP) is 2.77. The number of amides is 1. The lowest BCUT2D eigenvalue weighted by atomic mass is 10.0. The number of H-pyrrole nitrogens is 1. The van der Waals surface area contributed by atoms with Crippen molar-refractivity contribution in [2.75, 3.05) is 26.7 Å². The third-order valence-electron chi connectivity index (χ3n) is 6.39. The number of aromatic amines is 1. The van der Waals surface area contributed by atoms with E-state index in [2.05, 4.69) is 19.9 Å². The van der Waals surface area contributed by atoms with Crippen LogP contribution in [0.2, 0.25) is 0 Å². The van der Waals surface area contributed by atoms with Gasteiger partial charge < -0.3 is 19.5 Å². The van der Waals surface area contributed by atoms with Crippen molar-refractivity contribution in [1.29, 1.82) is 5.41 Å². The number of ether oxygens (including phenoxy) is 1. The predicted molar refractivity (Wildman–Crippen MR) is 134 cm³/mol. The molecule has 4 heterocycles. The third-order valence-corrected chi connectivity index (χ3v) is 6.39. The molecule has 0 aliphatic carbocycles. The normalized spacial score (nSPS) is 15.7. The summed E-state index contributed by atoms with van der Waals surface area (Å²) in [6.45, 7) is 3.16. The highest BCUT2D eigenvalue weighted by Gasteiger charge is 2.34. The Morgan fingerprint density at radius 2 is 1.92 bits per heavy atom. The Morgan fingerprint density at radius 1 is 1.11 bits per heavy atom. The van der Waals surface area contributed by atoms with E-state index in [9.17, 15) is 9.59 Å². The van der Waals surface area contributed by atoms with Crippen molar-refractivity contribution in [2.24, 2.45) is 0 Å². The van der Waals surface area contributed by atoms with E-state index in [-0.39, 0.29) is 11.6 Å². The molecule has 4 aromatic rings. The lowest BCUT2D eigenvalue weighted by Gasteiger charge is -2.40. The minimum Gasteiger partial charge on any atom is -0.494 e. The van der Waals surface area contributed by atoms with Crippen LogP contribution in [0, 0.1) is 5.41 Å². The topological polar surface area (TPSA) is 128 Å². The number of Topliss-reactive ketones (excluding diaryl/α,β-unsaturated/α-hetero) is 1. The number of methoxy groups -OCH3 is 1. The van der Waals surface area contributed by atoms with Crippen LogP contribution in [-0.2, 0) is 4.79 Å². The number of carbonyl (C=O) groups excluding carboxylic acids is 2. The molecule has 10 nitrogen and oxygen atoms in total. The number of ketones is 1. The summed E-state index contributed by atoms with van der Waals surface area (Å²) < 4.78 is 5.47. The Morgan fingerprint density at radius 3 is 2.61 bits per heavy atom. The van der Waals surface area contributed by atoms with Crippen LogP contribution in [0.15, 0.2) is 61.3 Å². The summed E-state index contributed by atoms with van der Waals surface area (Å²) in [6, 6.07) is 9.24. The molecule has 1 aromatic carbocycles. The fourth-order valence-electron chi connectivity index (χ4n) is 4.55. The number of fused-ring (bicyclic) bond motifs is 1. The number of hydrogen-bond acceptors (Lipinski definition) is 7. The molecule has 1 atom stereocenters. The van der Waals surface area contributed by atoms with Crippen LogP contribution in [0.5, 0.6) is 5.75 Å². The number of benzene rings is 1. The van der Waals surface area contributed by atoms with Gasteiger partial charge in [0.2, 0.25) is 0 Å². The second kappa shape index (κ2) is 9.57. The van der Waals surface area contributed by atoms with Gasteiger partial charge in [-0.2, -0.15) is 0 Å². The standard InChI is InChI=1S/C26H25N7O3/c1-16-15-32(25(27)17-6-4-3-5-7-17)10-11-33(16)26(35)24(34)18-12-30-23-21(18)20(36-2)14-31-22(23)19-13-28-8-9-29-19/h3-9,12-14,16,27,30H,10-11,15H2,1-2H3/t16-/m0/s1. The summed E-state index contributed by atoms with van der Waals surface area (Å²) >= 11 is 0. The van der Waals surface area contributed by atoms with Gasteiger partial charge in [-0.15, -0.1) is 0 Å². The van der Waals surface area contributed by atoms with E-state index < -0.39 is 11.7 Å². The second-order valence-corrected chi connectivity index (χ2v) is 8.56. The quantitative estimate of drug-likeness (QED) is 0.193. The monoisotopic (exact) mass is 483 g/mol. The lowest BCUT2D eigenvalue weighted by molar-refractivity contribution is -0.130. The average Bonchev–Trinajstić information content (AvgIpc) is 3.37. The van der Waals surface area contributed by atoms with E-state index in [1.54, 1.807) is 23.5 Å². The maximum absolute atomic E-state index is 13.4. The molecule has 1 aliphatic heterocycles. The molecule has 1 aliphatic rings. The minimum atomic E-state index is -0.630. The van der Waals surface area contributed by atoms with Gasteiger partial charge in [0.15, 0.2) is 0 Å². The number of amidine groups is 1.